The molecule has 0 aromatic rings. The molecule has 0 spiro atoms. The number of hydrogen-bond acceptors (Lipinski definition) is 4. The fourth-order valence-electron chi connectivity index (χ4n) is 0. The molecular formula is C8H16Fe2S4. The molecule has 0 saturated carbocycles. The maximum Gasteiger partial charge on any atom is 2.00 e. The van der Waals surface area contributed by atoms with Crippen molar-refractivity contribution in [2.24, 2.45) is 0 Å². The maximum atomic E-state index is 4.80. The average Bonchev–Trinajstić information content (AvgIpc) is 1.88. The van der Waals surface area contributed by atoms with Gasteiger partial charge >= 0.3 is 34.1 Å². The predicted molar refractivity (Wildman–Crippen MR) is 67.3 cm³/mol. The van der Waals surface area contributed by atoms with Crippen LogP contribution in [0.3, 0.4) is 0 Å². The maximum absolute atomic E-state index is 4.80. The first-order valence-corrected chi connectivity index (χ1v) is 5.80. The van der Waals surface area contributed by atoms with E-state index in [-0.39, 0.29) is 55.1 Å². The number of rotatable bonds is 2. The summed E-state index contributed by atoms with van der Waals surface area (Å²) in [5.74, 6) is 0. The topological polar surface area (TPSA) is 0 Å². The average molecular weight is 352 g/mol. The Morgan fingerprint density at radius 3 is 0.571 bits per heavy atom. The summed E-state index contributed by atoms with van der Waals surface area (Å²) in [6, 6.07) is 0. The summed E-state index contributed by atoms with van der Waals surface area (Å²) < 4.78 is 0. The van der Waals surface area contributed by atoms with E-state index in [9.17, 15) is 0 Å². The molecule has 4 atom stereocenters. The Bertz CT molecular complexity index is 73.3. The summed E-state index contributed by atoms with van der Waals surface area (Å²) in [6.07, 6.45) is 0. The molecule has 88 valence electrons. The van der Waals surface area contributed by atoms with Gasteiger partial charge in [0.15, 0.2) is 0 Å². The van der Waals surface area contributed by atoms with Crippen LogP contribution < -0.4 is 0 Å². The van der Waals surface area contributed by atoms with Crippen molar-refractivity contribution in [2.75, 3.05) is 0 Å². The summed E-state index contributed by atoms with van der Waals surface area (Å²) in [7, 11) is 0. The molecule has 4 unspecified atom stereocenters. The van der Waals surface area contributed by atoms with Crippen molar-refractivity contribution in [1.82, 2.24) is 0 Å². The fraction of sp³-hybridized carbons (Fsp3) is 1.00. The van der Waals surface area contributed by atoms with Gasteiger partial charge < -0.3 is 50.5 Å². The summed E-state index contributed by atoms with van der Waals surface area (Å²) in [5, 5.41) is 1.00. The van der Waals surface area contributed by atoms with E-state index < -0.39 is 0 Å². The smallest absolute Gasteiger partial charge is 0.791 e. The Labute approximate surface area is 132 Å². The van der Waals surface area contributed by atoms with Crippen LogP contribution in [-0.4, -0.2) is 21.0 Å². The minimum atomic E-state index is 0. The van der Waals surface area contributed by atoms with Crippen molar-refractivity contribution < 1.29 is 34.1 Å². The van der Waals surface area contributed by atoms with E-state index in [2.05, 4.69) is 0 Å². The third kappa shape index (κ3) is 23.9. The molecule has 0 amide bonds. The quantitative estimate of drug-likeness (QED) is 0.548. The Balaban J connectivity index is -0.0000000625. The molecule has 0 nitrogen and oxygen atoms in total. The first-order valence-electron chi connectivity index (χ1n) is 3.92. The Hall–Kier alpha value is 2.44. The zero-order valence-electron chi connectivity index (χ0n) is 8.65. The van der Waals surface area contributed by atoms with Crippen molar-refractivity contribution in [3.05, 3.63) is 0 Å². The second kappa shape index (κ2) is 15.4. The monoisotopic (exact) mass is 352 g/mol. The molecule has 0 fully saturated rings. The van der Waals surface area contributed by atoms with E-state index in [1.807, 2.05) is 27.7 Å². The van der Waals surface area contributed by atoms with Crippen molar-refractivity contribution in [1.29, 1.82) is 0 Å². The van der Waals surface area contributed by atoms with Crippen LogP contribution in [-0.2, 0) is 84.7 Å². The van der Waals surface area contributed by atoms with E-state index in [1.165, 1.54) is 0 Å². The van der Waals surface area contributed by atoms with Crippen molar-refractivity contribution in [2.45, 2.75) is 48.7 Å². The minimum Gasteiger partial charge on any atom is -0.791 e. The van der Waals surface area contributed by atoms with E-state index in [1.54, 1.807) is 0 Å². The van der Waals surface area contributed by atoms with Crippen LogP contribution in [0.5, 0.6) is 0 Å². The van der Waals surface area contributed by atoms with Crippen LogP contribution in [0.4, 0.5) is 0 Å². The van der Waals surface area contributed by atoms with Gasteiger partial charge in [0.25, 0.3) is 0 Å². The molecule has 6 heteroatoms. The molecular weight excluding hydrogens is 336 g/mol. The van der Waals surface area contributed by atoms with Gasteiger partial charge in [0.05, 0.1) is 0 Å². The summed E-state index contributed by atoms with van der Waals surface area (Å²) in [4.78, 5) is 0. The zero-order valence-corrected chi connectivity index (χ0v) is 14.1. The van der Waals surface area contributed by atoms with Gasteiger partial charge in [-0.15, -0.1) is 0 Å². The standard InChI is InChI=1S/2C4H10S2.2Fe/c2*1-3(5)4(2)6;;/h2*3-6H,1-2H3;;/q;;2*+2/p-4. The summed E-state index contributed by atoms with van der Waals surface area (Å²) in [5.41, 5.74) is 0. The largest absolute Gasteiger partial charge is 2.00 e. The van der Waals surface area contributed by atoms with Gasteiger partial charge in [-0.2, -0.15) is 21.0 Å². The van der Waals surface area contributed by atoms with Gasteiger partial charge in [-0.1, -0.05) is 27.7 Å². The van der Waals surface area contributed by atoms with Gasteiger partial charge in [0.2, 0.25) is 0 Å². The first kappa shape index (κ1) is 25.3. The molecule has 0 aromatic carbocycles. The van der Waals surface area contributed by atoms with Crippen LogP contribution in [0.15, 0.2) is 0 Å². The van der Waals surface area contributed by atoms with E-state index in [0.717, 1.165) is 0 Å². The normalized spacial score (nSPS) is 17.1. The van der Waals surface area contributed by atoms with Gasteiger partial charge in [0, 0.05) is 0 Å². The SMILES string of the molecule is CC([S-])C(C)[S-].CC([S-])C(C)[S-].[Fe+2].[Fe+2]. The van der Waals surface area contributed by atoms with E-state index >= 15 is 0 Å². The zero-order chi connectivity index (χ0) is 10.3. The Kier molecular flexibility index (Phi) is 27.9. The minimum absolute atomic E-state index is 0. The fourth-order valence-corrected chi connectivity index (χ4v) is 0. The van der Waals surface area contributed by atoms with E-state index in [4.69, 9.17) is 50.5 Å². The summed E-state index contributed by atoms with van der Waals surface area (Å²) in [6.45, 7) is 7.81. The van der Waals surface area contributed by atoms with Crippen LogP contribution in [0.1, 0.15) is 27.7 Å². The molecule has 0 N–H and O–H groups in total. The molecule has 0 aromatic heterocycles. The van der Waals surface area contributed by atoms with Gasteiger partial charge in [-0.3, -0.25) is 0 Å². The third-order valence-corrected chi connectivity index (χ3v) is 3.30. The van der Waals surface area contributed by atoms with Crippen molar-refractivity contribution in [3.63, 3.8) is 0 Å². The molecule has 0 aliphatic rings. The third-order valence-electron chi connectivity index (χ3n) is 1.32. The summed E-state index contributed by atoms with van der Waals surface area (Å²) >= 11 is 19.2. The molecule has 0 saturated heterocycles. The second-order valence-corrected chi connectivity index (χ2v) is 5.79. The van der Waals surface area contributed by atoms with Crippen LogP contribution >= 0.6 is 0 Å². The Morgan fingerprint density at radius 1 is 0.500 bits per heavy atom. The first-order chi connectivity index (χ1) is 5.29. The van der Waals surface area contributed by atoms with Crippen LogP contribution in [0.25, 0.3) is 0 Å². The molecule has 0 aliphatic carbocycles. The van der Waals surface area contributed by atoms with Gasteiger partial charge in [-0.25, -0.2) is 0 Å². The van der Waals surface area contributed by atoms with Crippen LogP contribution in [0.2, 0.25) is 0 Å². The van der Waals surface area contributed by atoms with Crippen LogP contribution in [0, 0.1) is 0 Å². The molecule has 0 rings (SSSR count). The molecule has 0 bridgehead atoms. The molecule has 0 radical (unpaired) electrons. The predicted octanol–water partition coefficient (Wildman–Crippen LogP) is 1.71. The molecule has 0 heterocycles. The van der Waals surface area contributed by atoms with Gasteiger partial charge in [-0.05, 0) is 0 Å². The second-order valence-electron chi connectivity index (χ2n) is 2.82. The van der Waals surface area contributed by atoms with E-state index in [0.29, 0.717) is 0 Å². The van der Waals surface area contributed by atoms with Gasteiger partial charge in [0.1, 0.15) is 0 Å². The molecule has 0 aliphatic heterocycles. The van der Waals surface area contributed by atoms with Crippen molar-refractivity contribution >= 4 is 50.5 Å². The Morgan fingerprint density at radius 2 is 0.571 bits per heavy atom. The van der Waals surface area contributed by atoms with Crippen molar-refractivity contribution in [3.8, 4) is 0 Å². The molecule has 14 heavy (non-hydrogen) atoms. The number of hydrogen-bond donors (Lipinski definition) is 0.